The topological polar surface area (TPSA) is 3.24 Å². The largest absolute Gasteiger partial charge is 0.310 e. The Balaban J connectivity index is 1.86. The molecule has 0 aromatic heterocycles. The molecule has 0 aliphatic heterocycles. The van der Waals surface area contributed by atoms with Crippen LogP contribution in [-0.2, 0) is 0 Å². The maximum atomic E-state index is 2.37. The number of anilines is 3. The summed E-state index contributed by atoms with van der Waals surface area (Å²) < 4.78 is 0. The molecule has 0 fully saturated rings. The highest BCUT2D eigenvalue weighted by Gasteiger charge is 2.16. The standard InChI is InChI=1S/C28H27N/c1-20-13-16-25(17-14-20)29(27-12-8-6-10-22(27)3)28-18-15-24(19-23(28)4)26-11-7-5-9-21(26)2/h5-19H,1-4H3. The van der Waals surface area contributed by atoms with Gasteiger partial charge in [-0.25, -0.2) is 0 Å². The molecule has 0 aliphatic carbocycles. The second-order valence-corrected chi connectivity index (χ2v) is 7.77. The summed E-state index contributed by atoms with van der Waals surface area (Å²) in [4.78, 5) is 2.37. The summed E-state index contributed by atoms with van der Waals surface area (Å²) in [6.45, 7) is 8.68. The van der Waals surface area contributed by atoms with E-state index < -0.39 is 0 Å². The second kappa shape index (κ2) is 7.97. The van der Waals surface area contributed by atoms with Gasteiger partial charge in [0.2, 0.25) is 0 Å². The Labute approximate surface area is 174 Å². The van der Waals surface area contributed by atoms with E-state index in [1.807, 2.05) is 0 Å². The maximum Gasteiger partial charge on any atom is 0.0491 e. The van der Waals surface area contributed by atoms with Crippen LogP contribution in [0.3, 0.4) is 0 Å². The van der Waals surface area contributed by atoms with E-state index in [9.17, 15) is 0 Å². The van der Waals surface area contributed by atoms with Crippen LogP contribution in [0, 0.1) is 27.7 Å². The third-order valence-electron chi connectivity index (χ3n) is 5.54. The zero-order valence-electron chi connectivity index (χ0n) is 17.6. The molecule has 1 heteroatoms. The average molecular weight is 378 g/mol. The monoisotopic (exact) mass is 377 g/mol. The van der Waals surface area contributed by atoms with Crippen molar-refractivity contribution in [2.45, 2.75) is 27.7 Å². The van der Waals surface area contributed by atoms with Crippen LogP contribution in [0.2, 0.25) is 0 Å². The predicted molar refractivity (Wildman–Crippen MR) is 126 cm³/mol. The Morgan fingerprint density at radius 1 is 0.517 bits per heavy atom. The number of hydrogen-bond donors (Lipinski definition) is 0. The molecule has 4 rings (SSSR count). The SMILES string of the molecule is Cc1ccc(N(c2ccccc2C)c2ccc(-c3ccccc3C)cc2C)cc1. The van der Waals surface area contributed by atoms with Gasteiger partial charge in [-0.1, -0.05) is 66.2 Å². The normalized spacial score (nSPS) is 10.8. The lowest BCUT2D eigenvalue weighted by Gasteiger charge is -2.29. The lowest BCUT2D eigenvalue weighted by molar-refractivity contribution is 1.22. The van der Waals surface area contributed by atoms with Crippen LogP contribution in [-0.4, -0.2) is 0 Å². The summed E-state index contributed by atoms with van der Waals surface area (Å²) in [6, 6.07) is 32.7. The van der Waals surface area contributed by atoms with Gasteiger partial charge in [-0.05, 0) is 85.8 Å². The van der Waals surface area contributed by atoms with E-state index in [0.717, 1.165) is 0 Å². The van der Waals surface area contributed by atoms with E-state index in [-0.39, 0.29) is 0 Å². The van der Waals surface area contributed by atoms with E-state index in [1.54, 1.807) is 0 Å². The number of hydrogen-bond acceptors (Lipinski definition) is 1. The van der Waals surface area contributed by atoms with Crippen LogP contribution in [0.25, 0.3) is 11.1 Å². The number of aryl methyl sites for hydroxylation is 4. The Morgan fingerprint density at radius 3 is 1.79 bits per heavy atom. The predicted octanol–water partition coefficient (Wildman–Crippen LogP) is 8.06. The van der Waals surface area contributed by atoms with Gasteiger partial charge in [0.25, 0.3) is 0 Å². The van der Waals surface area contributed by atoms with Crippen LogP contribution >= 0.6 is 0 Å². The molecule has 0 N–H and O–H groups in total. The van der Waals surface area contributed by atoms with Crippen molar-refractivity contribution >= 4 is 17.1 Å². The van der Waals surface area contributed by atoms with E-state index >= 15 is 0 Å². The van der Waals surface area contributed by atoms with Crippen molar-refractivity contribution in [2.75, 3.05) is 4.90 Å². The van der Waals surface area contributed by atoms with Crippen LogP contribution < -0.4 is 4.90 Å². The molecule has 4 aromatic carbocycles. The number of para-hydroxylation sites is 1. The van der Waals surface area contributed by atoms with Crippen molar-refractivity contribution in [3.8, 4) is 11.1 Å². The Bertz CT molecular complexity index is 1140. The average Bonchev–Trinajstić information content (AvgIpc) is 2.72. The maximum absolute atomic E-state index is 2.37. The Morgan fingerprint density at radius 2 is 1.14 bits per heavy atom. The Hall–Kier alpha value is -3.32. The highest BCUT2D eigenvalue weighted by Crippen LogP contribution is 2.39. The quantitative estimate of drug-likeness (QED) is 0.347. The highest BCUT2D eigenvalue weighted by molar-refractivity contribution is 5.82. The lowest BCUT2D eigenvalue weighted by atomic mass is 9.97. The van der Waals surface area contributed by atoms with Crippen LogP contribution in [0.5, 0.6) is 0 Å². The molecule has 4 aromatic rings. The first-order valence-corrected chi connectivity index (χ1v) is 10.1. The molecule has 0 bridgehead atoms. The molecule has 0 saturated heterocycles. The first kappa shape index (κ1) is 19.0. The van der Waals surface area contributed by atoms with Crippen LogP contribution in [0.4, 0.5) is 17.1 Å². The smallest absolute Gasteiger partial charge is 0.0491 e. The Kier molecular flexibility index (Phi) is 5.22. The molecule has 0 atom stereocenters. The molecule has 0 saturated carbocycles. The van der Waals surface area contributed by atoms with Crippen LogP contribution in [0.1, 0.15) is 22.3 Å². The summed E-state index contributed by atoms with van der Waals surface area (Å²) in [7, 11) is 0. The highest BCUT2D eigenvalue weighted by atomic mass is 15.1. The number of nitrogens with zero attached hydrogens (tertiary/aromatic N) is 1. The van der Waals surface area contributed by atoms with Gasteiger partial charge < -0.3 is 4.90 Å². The van der Waals surface area contributed by atoms with Crippen molar-refractivity contribution in [3.63, 3.8) is 0 Å². The molecule has 0 unspecified atom stereocenters. The van der Waals surface area contributed by atoms with Crippen molar-refractivity contribution in [2.24, 2.45) is 0 Å². The van der Waals surface area contributed by atoms with E-state index in [0.29, 0.717) is 0 Å². The van der Waals surface area contributed by atoms with Gasteiger partial charge in [-0.3, -0.25) is 0 Å². The third-order valence-corrected chi connectivity index (χ3v) is 5.54. The van der Waals surface area contributed by atoms with Crippen molar-refractivity contribution in [1.82, 2.24) is 0 Å². The van der Waals surface area contributed by atoms with E-state index in [1.165, 1.54) is 50.4 Å². The van der Waals surface area contributed by atoms with Gasteiger partial charge in [0.15, 0.2) is 0 Å². The molecule has 29 heavy (non-hydrogen) atoms. The molecule has 0 heterocycles. The summed E-state index contributed by atoms with van der Waals surface area (Å²) in [6.07, 6.45) is 0. The van der Waals surface area contributed by atoms with Gasteiger partial charge in [-0.15, -0.1) is 0 Å². The molecular weight excluding hydrogens is 350 g/mol. The van der Waals surface area contributed by atoms with Crippen molar-refractivity contribution in [1.29, 1.82) is 0 Å². The summed E-state index contributed by atoms with van der Waals surface area (Å²) in [5.41, 5.74) is 11.2. The van der Waals surface area contributed by atoms with Gasteiger partial charge >= 0.3 is 0 Å². The molecule has 0 spiro atoms. The zero-order chi connectivity index (χ0) is 20.4. The lowest BCUT2D eigenvalue weighted by Crippen LogP contribution is -2.12. The van der Waals surface area contributed by atoms with Crippen molar-refractivity contribution in [3.05, 3.63) is 113 Å². The second-order valence-electron chi connectivity index (χ2n) is 7.77. The minimum absolute atomic E-state index is 1.18. The zero-order valence-corrected chi connectivity index (χ0v) is 17.6. The fraction of sp³-hybridized carbons (Fsp3) is 0.143. The number of rotatable bonds is 4. The molecule has 0 amide bonds. The van der Waals surface area contributed by atoms with Crippen molar-refractivity contribution < 1.29 is 0 Å². The molecule has 0 aliphatic rings. The third kappa shape index (κ3) is 3.82. The fourth-order valence-electron chi connectivity index (χ4n) is 3.89. The first-order chi connectivity index (χ1) is 14.0. The molecule has 1 nitrogen and oxygen atoms in total. The molecule has 0 radical (unpaired) electrons. The van der Waals surface area contributed by atoms with Gasteiger partial charge in [0, 0.05) is 17.1 Å². The minimum Gasteiger partial charge on any atom is -0.310 e. The summed E-state index contributed by atoms with van der Waals surface area (Å²) in [5, 5.41) is 0. The summed E-state index contributed by atoms with van der Waals surface area (Å²) in [5.74, 6) is 0. The van der Waals surface area contributed by atoms with E-state index in [4.69, 9.17) is 0 Å². The van der Waals surface area contributed by atoms with Gasteiger partial charge in [0.05, 0.1) is 0 Å². The van der Waals surface area contributed by atoms with Crippen LogP contribution in [0.15, 0.2) is 91.0 Å². The van der Waals surface area contributed by atoms with Gasteiger partial charge in [0.1, 0.15) is 0 Å². The minimum atomic E-state index is 1.18. The number of benzene rings is 4. The fourth-order valence-corrected chi connectivity index (χ4v) is 3.89. The molecular formula is C28H27N. The van der Waals surface area contributed by atoms with Gasteiger partial charge in [-0.2, -0.15) is 0 Å². The first-order valence-electron chi connectivity index (χ1n) is 10.1. The summed E-state index contributed by atoms with van der Waals surface area (Å²) >= 11 is 0. The van der Waals surface area contributed by atoms with E-state index in [2.05, 4.69) is 124 Å². The molecule has 144 valence electrons.